The Morgan fingerprint density at radius 3 is 2.41 bits per heavy atom. The standard InChI is InChI=1S/C15H14O2/c1-10-5-3-6-12(9-10)13-7-4-8-14(11(13)2)15(16)17/h3-9H,1-2H3,(H,16,17). The summed E-state index contributed by atoms with van der Waals surface area (Å²) in [6.07, 6.45) is 0. The number of carboxylic acids is 1. The number of aromatic carboxylic acids is 1. The first kappa shape index (κ1) is 11.4. The number of rotatable bonds is 2. The molecule has 17 heavy (non-hydrogen) atoms. The molecule has 2 aromatic carbocycles. The maximum absolute atomic E-state index is 11.1. The highest BCUT2D eigenvalue weighted by atomic mass is 16.4. The maximum atomic E-state index is 11.1. The highest BCUT2D eigenvalue weighted by Crippen LogP contribution is 2.26. The van der Waals surface area contributed by atoms with Crippen LogP contribution in [0.2, 0.25) is 0 Å². The van der Waals surface area contributed by atoms with Crippen LogP contribution in [0.5, 0.6) is 0 Å². The third kappa shape index (κ3) is 2.21. The van der Waals surface area contributed by atoms with E-state index in [0.717, 1.165) is 16.7 Å². The van der Waals surface area contributed by atoms with Crippen molar-refractivity contribution in [1.82, 2.24) is 0 Å². The van der Waals surface area contributed by atoms with Gasteiger partial charge in [-0.15, -0.1) is 0 Å². The van der Waals surface area contributed by atoms with Crippen molar-refractivity contribution in [2.75, 3.05) is 0 Å². The number of aryl methyl sites for hydroxylation is 1. The van der Waals surface area contributed by atoms with E-state index >= 15 is 0 Å². The van der Waals surface area contributed by atoms with E-state index in [0.29, 0.717) is 5.56 Å². The van der Waals surface area contributed by atoms with Crippen LogP contribution in [0.25, 0.3) is 11.1 Å². The van der Waals surface area contributed by atoms with E-state index < -0.39 is 5.97 Å². The van der Waals surface area contributed by atoms with Gasteiger partial charge in [-0.3, -0.25) is 0 Å². The van der Waals surface area contributed by atoms with Gasteiger partial charge >= 0.3 is 5.97 Å². The van der Waals surface area contributed by atoms with Gasteiger partial charge in [0.25, 0.3) is 0 Å². The quantitative estimate of drug-likeness (QED) is 0.848. The summed E-state index contributed by atoms with van der Waals surface area (Å²) >= 11 is 0. The van der Waals surface area contributed by atoms with Gasteiger partial charge in [-0.25, -0.2) is 4.79 Å². The topological polar surface area (TPSA) is 37.3 Å². The van der Waals surface area contributed by atoms with Crippen LogP contribution in [0.1, 0.15) is 21.5 Å². The van der Waals surface area contributed by atoms with Crippen LogP contribution in [0, 0.1) is 13.8 Å². The van der Waals surface area contributed by atoms with E-state index in [1.54, 1.807) is 12.1 Å². The minimum absolute atomic E-state index is 0.365. The van der Waals surface area contributed by atoms with E-state index in [1.807, 2.05) is 38.1 Å². The van der Waals surface area contributed by atoms with E-state index in [2.05, 4.69) is 6.07 Å². The molecule has 0 aliphatic rings. The van der Waals surface area contributed by atoms with Crippen LogP contribution < -0.4 is 0 Å². The Balaban J connectivity index is 2.60. The Labute approximate surface area is 101 Å². The van der Waals surface area contributed by atoms with Crippen LogP contribution in [-0.4, -0.2) is 11.1 Å². The molecule has 0 aliphatic heterocycles. The first-order valence-corrected chi connectivity index (χ1v) is 5.49. The lowest BCUT2D eigenvalue weighted by Gasteiger charge is -2.09. The van der Waals surface area contributed by atoms with Gasteiger partial charge in [-0.05, 0) is 36.6 Å². The third-order valence-corrected chi connectivity index (χ3v) is 2.89. The first-order chi connectivity index (χ1) is 8.09. The molecule has 0 aliphatic carbocycles. The largest absolute Gasteiger partial charge is 0.478 e. The van der Waals surface area contributed by atoms with Crippen molar-refractivity contribution in [2.45, 2.75) is 13.8 Å². The molecular weight excluding hydrogens is 212 g/mol. The fraction of sp³-hybridized carbons (Fsp3) is 0.133. The molecule has 2 aromatic rings. The number of benzene rings is 2. The van der Waals surface area contributed by atoms with Crippen molar-refractivity contribution in [2.24, 2.45) is 0 Å². The Bertz CT molecular complexity index is 571. The molecule has 0 atom stereocenters. The number of carboxylic acid groups (broad SMARTS) is 1. The zero-order valence-corrected chi connectivity index (χ0v) is 9.90. The summed E-state index contributed by atoms with van der Waals surface area (Å²) in [5.74, 6) is -0.878. The van der Waals surface area contributed by atoms with E-state index in [-0.39, 0.29) is 0 Å². The normalized spacial score (nSPS) is 10.2. The summed E-state index contributed by atoms with van der Waals surface area (Å²) < 4.78 is 0. The average Bonchev–Trinajstić information content (AvgIpc) is 2.29. The highest BCUT2D eigenvalue weighted by Gasteiger charge is 2.10. The second kappa shape index (κ2) is 4.42. The average molecular weight is 226 g/mol. The minimum atomic E-state index is -0.878. The monoisotopic (exact) mass is 226 g/mol. The van der Waals surface area contributed by atoms with Crippen molar-refractivity contribution in [3.63, 3.8) is 0 Å². The van der Waals surface area contributed by atoms with E-state index in [4.69, 9.17) is 5.11 Å². The van der Waals surface area contributed by atoms with Crippen LogP contribution in [0.3, 0.4) is 0 Å². The summed E-state index contributed by atoms with van der Waals surface area (Å²) in [7, 11) is 0. The minimum Gasteiger partial charge on any atom is -0.478 e. The summed E-state index contributed by atoms with van der Waals surface area (Å²) in [6, 6.07) is 13.5. The molecule has 0 radical (unpaired) electrons. The lowest BCUT2D eigenvalue weighted by molar-refractivity contribution is 0.0696. The van der Waals surface area contributed by atoms with Gasteiger partial charge in [0.15, 0.2) is 0 Å². The van der Waals surface area contributed by atoms with Crippen molar-refractivity contribution in [3.05, 3.63) is 59.2 Å². The number of hydrogen-bond donors (Lipinski definition) is 1. The summed E-state index contributed by atoms with van der Waals surface area (Å²) in [5, 5.41) is 9.09. The number of carbonyl (C=O) groups is 1. The maximum Gasteiger partial charge on any atom is 0.335 e. The second-order valence-electron chi connectivity index (χ2n) is 4.15. The molecule has 0 aromatic heterocycles. The summed E-state index contributed by atoms with van der Waals surface area (Å²) in [6.45, 7) is 3.88. The Morgan fingerprint density at radius 2 is 1.76 bits per heavy atom. The smallest absolute Gasteiger partial charge is 0.335 e. The van der Waals surface area contributed by atoms with Gasteiger partial charge in [0.05, 0.1) is 5.56 Å². The van der Waals surface area contributed by atoms with Crippen LogP contribution in [-0.2, 0) is 0 Å². The van der Waals surface area contributed by atoms with Gasteiger partial charge in [0.2, 0.25) is 0 Å². The molecule has 0 heterocycles. The lowest BCUT2D eigenvalue weighted by Crippen LogP contribution is -2.00. The molecule has 1 N–H and O–H groups in total. The van der Waals surface area contributed by atoms with Gasteiger partial charge in [0.1, 0.15) is 0 Å². The van der Waals surface area contributed by atoms with Crippen LogP contribution in [0.4, 0.5) is 0 Å². The Morgan fingerprint density at radius 1 is 1.06 bits per heavy atom. The lowest BCUT2D eigenvalue weighted by atomic mass is 9.95. The molecule has 0 saturated heterocycles. The van der Waals surface area contributed by atoms with Gasteiger partial charge in [-0.2, -0.15) is 0 Å². The molecule has 2 rings (SSSR count). The van der Waals surface area contributed by atoms with Crippen molar-refractivity contribution < 1.29 is 9.90 Å². The molecule has 0 saturated carbocycles. The number of hydrogen-bond acceptors (Lipinski definition) is 1. The molecule has 2 heteroatoms. The van der Waals surface area contributed by atoms with Crippen molar-refractivity contribution in [1.29, 1.82) is 0 Å². The Kier molecular flexibility index (Phi) is 2.96. The fourth-order valence-electron chi connectivity index (χ4n) is 1.99. The SMILES string of the molecule is Cc1cccc(-c2cccc(C(=O)O)c2C)c1. The third-order valence-electron chi connectivity index (χ3n) is 2.89. The molecular formula is C15H14O2. The molecule has 2 nitrogen and oxygen atoms in total. The molecule has 0 amide bonds. The van der Waals surface area contributed by atoms with Gasteiger partial charge in [-0.1, -0.05) is 42.0 Å². The molecule has 0 fully saturated rings. The summed E-state index contributed by atoms with van der Waals surface area (Å²) in [5.41, 5.74) is 4.39. The van der Waals surface area contributed by atoms with Crippen molar-refractivity contribution >= 4 is 5.97 Å². The van der Waals surface area contributed by atoms with Gasteiger partial charge in [0, 0.05) is 0 Å². The predicted octanol–water partition coefficient (Wildman–Crippen LogP) is 3.67. The van der Waals surface area contributed by atoms with Crippen LogP contribution in [0.15, 0.2) is 42.5 Å². The van der Waals surface area contributed by atoms with E-state index in [1.165, 1.54) is 5.56 Å². The molecule has 0 bridgehead atoms. The van der Waals surface area contributed by atoms with Crippen LogP contribution >= 0.6 is 0 Å². The second-order valence-corrected chi connectivity index (χ2v) is 4.15. The van der Waals surface area contributed by atoms with E-state index in [9.17, 15) is 4.79 Å². The first-order valence-electron chi connectivity index (χ1n) is 5.49. The zero-order chi connectivity index (χ0) is 12.4. The molecule has 86 valence electrons. The fourth-order valence-corrected chi connectivity index (χ4v) is 1.99. The zero-order valence-electron chi connectivity index (χ0n) is 9.90. The highest BCUT2D eigenvalue weighted by molar-refractivity contribution is 5.92. The van der Waals surface area contributed by atoms with Crippen molar-refractivity contribution in [3.8, 4) is 11.1 Å². The Hall–Kier alpha value is -2.09. The molecule has 0 unspecified atom stereocenters. The summed E-state index contributed by atoms with van der Waals surface area (Å²) in [4.78, 5) is 11.1. The van der Waals surface area contributed by atoms with Gasteiger partial charge < -0.3 is 5.11 Å². The molecule has 0 spiro atoms. The predicted molar refractivity (Wildman–Crippen MR) is 68.3 cm³/mol.